The molecule has 2 saturated heterocycles. The lowest BCUT2D eigenvalue weighted by molar-refractivity contribution is -0.132. The highest BCUT2D eigenvalue weighted by atomic mass is 32.2. The summed E-state index contributed by atoms with van der Waals surface area (Å²) in [4.78, 5) is 27.4. The van der Waals surface area contributed by atoms with Gasteiger partial charge in [0.25, 0.3) is 0 Å². The Morgan fingerprint density at radius 2 is 2.21 bits per heavy atom. The van der Waals surface area contributed by atoms with Crippen molar-refractivity contribution in [1.82, 2.24) is 15.1 Å². The molecule has 1 atom stereocenters. The summed E-state index contributed by atoms with van der Waals surface area (Å²) in [6.07, 6.45) is 3.90. The number of amides is 2. The molecular formula is C13H21N3O2S. The Balaban J connectivity index is 1.35. The van der Waals surface area contributed by atoms with Crippen LogP contribution in [0, 0.1) is 5.92 Å². The number of likely N-dealkylation sites (tertiary alicyclic amines) is 1. The van der Waals surface area contributed by atoms with E-state index >= 15 is 0 Å². The maximum atomic E-state index is 11.8. The Hall–Kier alpha value is -0.750. The van der Waals surface area contributed by atoms with Crippen molar-refractivity contribution in [2.45, 2.75) is 25.3 Å². The van der Waals surface area contributed by atoms with Crippen LogP contribution < -0.4 is 5.32 Å². The second kappa shape index (κ2) is 5.71. The number of hydrogen-bond acceptors (Lipinski definition) is 4. The van der Waals surface area contributed by atoms with Crippen LogP contribution in [0.3, 0.4) is 0 Å². The van der Waals surface area contributed by atoms with Crippen LogP contribution in [-0.2, 0) is 9.59 Å². The molecule has 2 amide bonds. The van der Waals surface area contributed by atoms with Crippen molar-refractivity contribution in [3.05, 3.63) is 0 Å². The van der Waals surface area contributed by atoms with Gasteiger partial charge in [-0.25, -0.2) is 0 Å². The molecule has 0 aromatic heterocycles. The first-order chi connectivity index (χ1) is 9.22. The van der Waals surface area contributed by atoms with E-state index in [1.54, 1.807) is 16.7 Å². The highest BCUT2D eigenvalue weighted by Gasteiger charge is 2.34. The van der Waals surface area contributed by atoms with Crippen LogP contribution in [0.4, 0.5) is 0 Å². The van der Waals surface area contributed by atoms with E-state index in [2.05, 4.69) is 10.2 Å². The fourth-order valence-electron chi connectivity index (χ4n) is 2.83. The van der Waals surface area contributed by atoms with Gasteiger partial charge in [0.15, 0.2) is 0 Å². The van der Waals surface area contributed by atoms with Crippen LogP contribution in [0.2, 0.25) is 0 Å². The van der Waals surface area contributed by atoms with Gasteiger partial charge in [-0.05, 0) is 31.7 Å². The van der Waals surface area contributed by atoms with Crippen molar-refractivity contribution in [2.24, 2.45) is 5.92 Å². The minimum atomic E-state index is -0.0132. The number of rotatable bonds is 5. The Bertz CT molecular complexity index is 373. The molecule has 3 fully saturated rings. The SMILES string of the molecule is O=C(CN1CSCC1=O)NC[C@@H]1CCN(C2CC2)C1. The number of thioether (sulfide) groups is 1. The average molecular weight is 283 g/mol. The lowest BCUT2D eigenvalue weighted by atomic mass is 10.1. The largest absolute Gasteiger partial charge is 0.354 e. The third-order valence-electron chi connectivity index (χ3n) is 4.13. The van der Waals surface area contributed by atoms with Crippen molar-refractivity contribution < 1.29 is 9.59 Å². The summed E-state index contributed by atoms with van der Waals surface area (Å²) in [5, 5.41) is 2.98. The number of carbonyl (C=O) groups is 2. The smallest absolute Gasteiger partial charge is 0.239 e. The molecule has 106 valence electrons. The molecule has 0 bridgehead atoms. The van der Waals surface area contributed by atoms with Gasteiger partial charge in [0.2, 0.25) is 11.8 Å². The van der Waals surface area contributed by atoms with E-state index in [9.17, 15) is 9.59 Å². The maximum absolute atomic E-state index is 11.8. The quantitative estimate of drug-likeness (QED) is 0.779. The van der Waals surface area contributed by atoms with Crippen molar-refractivity contribution in [3.8, 4) is 0 Å². The number of carbonyl (C=O) groups excluding carboxylic acids is 2. The van der Waals surface area contributed by atoms with Crippen molar-refractivity contribution in [1.29, 1.82) is 0 Å². The van der Waals surface area contributed by atoms with Crippen molar-refractivity contribution in [3.63, 3.8) is 0 Å². The normalized spacial score (nSPS) is 28.1. The Kier molecular flexibility index (Phi) is 3.98. The fraction of sp³-hybridized carbons (Fsp3) is 0.846. The van der Waals surface area contributed by atoms with Crippen LogP contribution in [-0.4, -0.2) is 65.5 Å². The van der Waals surface area contributed by atoms with E-state index in [0.717, 1.165) is 19.1 Å². The van der Waals surface area contributed by atoms with Crippen LogP contribution >= 0.6 is 11.8 Å². The molecule has 0 aromatic rings. The van der Waals surface area contributed by atoms with E-state index in [4.69, 9.17) is 0 Å². The predicted octanol–water partition coefficient (Wildman–Crippen LogP) is 0.120. The van der Waals surface area contributed by atoms with E-state index in [1.165, 1.54) is 25.8 Å². The summed E-state index contributed by atoms with van der Waals surface area (Å²) in [6.45, 7) is 3.30. The van der Waals surface area contributed by atoms with Gasteiger partial charge >= 0.3 is 0 Å². The average Bonchev–Trinajstić information content (AvgIpc) is 3.01. The molecular weight excluding hydrogens is 262 g/mol. The molecule has 0 radical (unpaired) electrons. The van der Waals surface area contributed by atoms with Gasteiger partial charge in [-0.15, -0.1) is 11.8 Å². The Morgan fingerprint density at radius 3 is 2.89 bits per heavy atom. The predicted molar refractivity (Wildman–Crippen MR) is 74.7 cm³/mol. The Labute approximate surface area is 118 Å². The minimum absolute atomic E-state index is 0.0132. The first kappa shape index (κ1) is 13.2. The Morgan fingerprint density at radius 1 is 1.37 bits per heavy atom. The molecule has 3 aliphatic rings. The maximum Gasteiger partial charge on any atom is 0.239 e. The summed E-state index contributed by atoms with van der Waals surface area (Å²) in [5.74, 6) is 1.84. The highest BCUT2D eigenvalue weighted by molar-refractivity contribution is 8.00. The molecule has 3 rings (SSSR count). The lowest BCUT2D eigenvalue weighted by Gasteiger charge is -2.17. The fourth-order valence-corrected chi connectivity index (χ4v) is 3.73. The zero-order valence-corrected chi connectivity index (χ0v) is 12.0. The third-order valence-corrected chi connectivity index (χ3v) is 5.07. The van der Waals surface area contributed by atoms with Crippen molar-refractivity contribution in [2.75, 3.05) is 37.8 Å². The molecule has 1 aliphatic carbocycles. The number of hydrogen-bond donors (Lipinski definition) is 1. The second-order valence-corrected chi connectivity index (χ2v) is 6.71. The zero-order chi connectivity index (χ0) is 13.2. The molecule has 19 heavy (non-hydrogen) atoms. The third kappa shape index (κ3) is 3.42. The molecule has 6 heteroatoms. The molecule has 0 spiro atoms. The van der Waals surface area contributed by atoms with E-state index in [-0.39, 0.29) is 18.4 Å². The van der Waals surface area contributed by atoms with Gasteiger partial charge in [0.1, 0.15) is 6.54 Å². The monoisotopic (exact) mass is 283 g/mol. The lowest BCUT2D eigenvalue weighted by Crippen LogP contribution is -2.40. The second-order valence-electron chi connectivity index (χ2n) is 5.75. The van der Waals surface area contributed by atoms with Crippen LogP contribution in [0.15, 0.2) is 0 Å². The summed E-state index contributed by atoms with van der Waals surface area (Å²) in [5.41, 5.74) is 0. The molecule has 5 nitrogen and oxygen atoms in total. The highest BCUT2D eigenvalue weighted by Crippen LogP contribution is 2.31. The van der Waals surface area contributed by atoms with Gasteiger partial charge in [-0.2, -0.15) is 0 Å². The van der Waals surface area contributed by atoms with Gasteiger partial charge in [-0.1, -0.05) is 0 Å². The first-order valence-corrected chi connectivity index (χ1v) is 8.24. The summed E-state index contributed by atoms with van der Waals surface area (Å²) in [6, 6.07) is 0.833. The van der Waals surface area contributed by atoms with Gasteiger partial charge in [-0.3, -0.25) is 9.59 Å². The van der Waals surface area contributed by atoms with E-state index in [1.807, 2.05) is 0 Å². The molecule has 2 aliphatic heterocycles. The standard InChI is InChI=1S/C13H21N3O2S/c17-12(7-16-9-19-8-13(16)18)14-5-10-3-4-15(6-10)11-1-2-11/h10-11H,1-9H2,(H,14,17)/t10-/m0/s1. The van der Waals surface area contributed by atoms with Gasteiger partial charge < -0.3 is 15.1 Å². The van der Waals surface area contributed by atoms with E-state index in [0.29, 0.717) is 17.5 Å². The molecule has 1 saturated carbocycles. The minimum Gasteiger partial charge on any atom is -0.354 e. The number of nitrogens with zero attached hydrogens (tertiary/aromatic N) is 2. The van der Waals surface area contributed by atoms with Gasteiger partial charge in [0, 0.05) is 19.1 Å². The molecule has 2 heterocycles. The summed E-state index contributed by atoms with van der Waals surface area (Å²) >= 11 is 1.58. The topological polar surface area (TPSA) is 52.7 Å². The van der Waals surface area contributed by atoms with Crippen LogP contribution in [0.25, 0.3) is 0 Å². The molecule has 1 N–H and O–H groups in total. The van der Waals surface area contributed by atoms with Crippen LogP contribution in [0.1, 0.15) is 19.3 Å². The summed E-state index contributed by atoms with van der Waals surface area (Å²) < 4.78 is 0. The van der Waals surface area contributed by atoms with Crippen molar-refractivity contribution >= 4 is 23.6 Å². The van der Waals surface area contributed by atoms with Gasteiger partial charge in [0.05, 0.1) is 11.6 Å². The summed E-state index contributed by atoms with van der Waals surface area (Å²) in [7, 11) is 0. The molecule has 0 aromatic carbocycles. The number of nitrogens with one attached hydrogen (secondary N) is 1. The first-order valence-electron chi connectivity index (χ1n) is 7.08. The van der Waals surface area contributed by atoms with E-state index < -0.39 is 0 Å². The molecule has 0 unspecified atom stereocenters. The zero-order valence-electron chi connectivity index (χ0n) is 11.1. The van der Waals surface area contributed by atoms with Crippen LogP contribution in [0.5, 0.6) is 0 Å².